The Morgan fingerprint density at radius 3 is 2.40 bits per heavy atom. The summed E-state index contributed by atoms with van der Waals surface area (Å²) in [6.07, 6.45) is -7.37. The zero-order valence-corrected chi connectivity index (χ0v) is 16.4. The third kappa shape index (κ3) is 4.31. The lowest BCUT2D eigenvalue weighted by Crippen LogP contribution is -2.50. The molecule has 30 heavy (non-hydrogen) atoms. The number of anilines is 1. The van der Waals surface area contributed by atoms with E-state index >= 15 is 0 Å². The molecule has 0 saturated heterocycles. The van der Waals surface area contributed by atoms with E-state index in [1.54, 1.807) is 25.2 Å². The van der Waals surface area contributed by atoms with Crippen molar-refractivity contribution in [2.45, 2.75) is 31.3 Å². The Labute approximate surface area is 171 Å². The number of rotatable bonds is 5. The van der Waals surface area contributed by atoms with Gasteiger partial charge in [0.1, 0.15) is 6.04 Å². The zero-order valence-electron chi connectivity index (χ0n) is 16.4. The van der Waals surface area contributed by atoms with Crippen LogP contribution in [-0.4, -0.2) is 48.8 Å². The van der Waals surface area contributed by atoms with Crippen LogP contribution in [0.25, 0.3) is 11.1 Å². The smallest absolute Gasteiger partial charge is 0.382 e. The average molecular weight is 421 g/mol. The van der Waals surface area contributed by atoms with Crippen LogP contribution >= 0.6 is 0 Å². The average Bonchev–Trinajstić information content (AvgIpc) is 2.81. The maximum absolute atomic E-state index is 13.1. The number of carbonyl (C=O) groups excluding carboxylic acids is 2. The standard InChI is InChI=1S/C21H22F3N3O3/c1-12(25-11-17(28)21(22,23)24)19(29)26-18-15-9-4-3-7-13(15)14-8-5-6-10-16(14)27(2)20(18)30/h3-10,12,17-18,25,28H,11H2,1-2H3,(H,26,29). The van der Waals surface area contributed by atoms with Crippen molar-refractivity contribution in [1.82, 2.24) is 10.6 Å². The van der Waals surface area contributed by atoms with Crippen LogP contribution in [0, 0.1) is 0 Å². The van der Waals surface area contributed by atoms with Gasteiger partial charge in [0.15, 0.2) is 6.10 Å². The number of likely N-dealkylation sites (N-methyl/N-ethyl adjacent to an activating group) is 1. The Kier molecular flexibility index (Phi) is 6.14. The van der Waals surface area contributed by atoms with E-state index in [0.29, 0.717) is 11.3 Å². The van der Waals surface area contributed by atoms with Gasteiger partial charge in [-0.3, -0.25) is 9.59 Å². The molecule has 1 aliphatic rings. The summed E-state index contributed by atoms with van der Waals surface area (Å²) in [5, 5.41) is 14.1. The minimum absolute atomic E-state index is 0.372. The summed E-state index contributed by atoms with van der Waals surface area (Å²) in [6, 6.07) is 12.4. The lowest BCUT2D eigenvalue weighted by atomic mass is 9.95. The van der Waals surface area contributed by atoms with Crippen LogP contribution in [0.1, 0.15) is 18.5 Å². The summed E-state index contributed by atoms with van der Waals surface area (Å²) in [4.78, 5) is 27.2. The quantitative estimate of drug-likeness (QED) is 0.693. The van der Waals surface area contributed by atoms with Crippen molar-refractivity contribution in [1.29, 1.82) is 0 Å². The van der Waals surface area contributed by atoms with Gasteiger partial charge in [-0.25, -0.2) is 0 Å². The molecule has 0 radical (unpaired) electrons. The fourth-order valence-corrected chi connectivity index (χ4v) is 3.34. The first-order valence-electron chi connectivity index (χ1n) is 9.35. The Morgan fingerprint density at radius 1 is 1.13 bits per heavy atom. The molecule has 1 aliphatic heterocycles. The van der Waals surface area contributed by atoms with Gasteiger partial charge in [-0.05, 0) is 24.1 Å². The number of carbonyl (C=O) groups is 2. The van der Waals surface area contributed by atoms with Gasteiger partial charge < -0.3 is 20.6 Å². The van der Waals surface area contributed by atoms with Crippen LogP contribution < -0.4 is 15.5 Å². The van der Waals surface area contributed by atoms with Crippen LogP contribution in [0.5, 0.6) is 0 Å². The number of hydrogen-bond donors (Lipinski definition) is 3. The maximum Gasteiger partial charge on any atom is 0.415 e. The number of aliphatic hydroxyl groups is 1. The number of para-hydroxylation sites is 1. The molecule has 2 aromatic carbocycles. The first-order chi connectivity index (χ1) is 14.1. The monoisotopic (exact) mass is 421 g/mol. The molecule has 160 valence electrons. The first-order valence-corrected chi connectivity index (χ1v) is 9.35. The molecule has 0 aliphatic carbocycles. The lowest BCUT2D eigenvalue weighted by Gasteiger charge is -2.25. The molecule has 0 spiro atoms. The number of alkyl halides is 3. The number of aliphatic hydroxyl groups excluding tert-OH is 1. The van der Waals surface area contributed by atoms with Crippen LogP contribution in [0.4, 0.5) is 18.9 Å². The fraction of sp³-hybridized carbons (Fsp3) is 0.333. The predicted octanol–water partition coefficient (Wildman–Crippen LogP) is 2.39. The molecule has 3 rings (SSSR count). The van der Waals surface area contributed by atoms with Crippen molar-refractivity contribution in [3.8, 4) is 11.1 Å². The molecule has 3 unspecified atom stereocenters. The second kappa shape index (κ2) is 8.45. The largest absolute Gasteiger partial charge is 0.415 e. The van der Waals surface area contributed by atoms with E-state index in [2.05, 4.69) is 10.6 Å². The van der Waals surface area contributed by atoms with Crippen molar-refractivity contribution in [3.63, 3.8) is 0 Å². The zero-order chi connectivity index (χ0) is 22.1. The molecule has 3 N–H and O–H groups in total. The highest BCUT2D eigenvalue weighted by atomic mass is 19.4. The molecule has 3 atom stereocenters. The van der Waals surface area contributed by atoms with E-state index in [1.807, 2.05) is 30.3 Å². The molecule has 1 heterocycles. The highest BCUT2D eigenvalue weighted by Gasteiger charge is 2.39. The van der Waals surface area contributed by atoms with E-state index in [0.717, 1.165) is 11.1 Å². The highest BCUT2D eigenvalue weighted by Crippen LogP contribution is 2.39. The van der Waals surface area contributed by atoms with E-state index in [1.165, 1.54) is 11.8 Å². The molecular weight excluding hydrogens is 399 g/mol. The normalized spacial score (nSPS) is 18.1. The number of nitrogens with zero attached hydrogens (tertiary/aromatic N) is 1. The van der Waals surface area contributed by atoms with Crippen molar-refractivity contribution in [2.75, 3.05) is 18.5 Å². The Balaban J connectivity index is 1.84. The second-order valence-electron chi connectivity index (χ2n) is 7.13. The maximum atomic E-state index is 13.1. The van der Waals surface area contributed by atoms with Crippen LogP contribution in [0.15, 0.2) is 48.5 Å². The number of amides is 2. The van der Waals surface area contributed by atoms with Gasteiger partial charge in [0.05, 0.1) is 11.7 Å². The van der Waals surface area contributed by atoms with Gasteiger partial charge >= 0.3 is 6.18 Å². The minimum Gasteiger partial charge on any atom is -0.382 e. The third-order valence-electron chi connectivity index (χ3n) is 5.08. The van der Waals surface area contributed by atoms with Crippen LogP contribution in [-0.2, 0) is 9.59 Å². The third-order valence-corrected chi connectivity index (χ3v) is 5.08. The summed E-state index contributed by atoms with van der Waals surface area (Å²) in [6.45, 7) is 0.530. The second-order valence-corrected chi connectivity index (χ2v) is 7.13. The topological polar surface area (TPSA) is 81.7 Å². The fourth-order valence-electron chi connectivity index (χ4n) is 3.34. The van der Waals surface area contributed by atoms with Crippen molar-refractivity contribution in [2.24, 2.45) is 0 Å². The SMILES string of the molecule is CC(NCC(O)C(F)(F)F)C(=O)NC1C(=O)N(C)c2ccccc2-c2ccccc21. The molecule has 9 heteroatoms. The van der Waals surface area contributed by atoms with E-state index in [-0.39, 0.29) is 5.91 Å². The van der Waals surface area contributed by atoms with Gasteiger partial charge in [0.2, 0.25) is 5.91 Å². The van der Waals surface area contributed by atoms with Gasteiger partial charge in [-0.1, -0.05) is 42.5 Å². The predicted molar refractivity (Wildman–Crippen MR) is 106 cm³/mol. The summed E-state index contributed by atoms with van der Waals surface area (Å²) >= 11 is 0. The number of halogens is 3. The Bertz CT molecular complexity index is 948. The lowest BCUT2D eigenvalue weighted by molar-refractivity contribution is -0.202. The summed E-state index contributed by atoms with van der Waals surface area (Å²) in [7, 11) is 1.60. The van der Waals surface area contributed by atoms with Crippen LogP contribution in [0.3, 0.4) is 0 Å². The van der Waals surface area contributed by atoms with E-state index < -0.39 is 36.8 Å². The number of nitrogens with one attached hydrogen (secondary N) is 2. The van der Waals surface area contributed by atoms with Gasteiger partial charge in [-0.15, -0.1) is 0 Å². The molecule has 0 saturated carbocycles. The molecule has 0 aromatic heterocycles. The van der Waals surface area contributed by atoms with Crippen molar-refractivity contribution >= 4 is 17.5 Å². The minimum atomic E-state index is -4.78. The van der Waals surface area contributed by atoms with Crippen LogP contribution in [0.2, 0.25) is 0 Å². The Hall–Kier alpha value is -2.91. The van der Waals surface area contributed by atoms with E-state index in [4.69, 9.17) is 5.11 Å². The van der Waals surface area contributed by atoms with E-state index in [9.17, 15) is 22.8 Å². The number of fused-ring (bicyclic) bond motifs is 3. The van der Waals surface area contributed by atoms with Crippen molar-refractivity contribution < 1.29 is 27.9 Å². The number of hydrogen-bond acceptors (Lipinski definition) is 4. The molecule has 6 nitrogen and oxygen atoms in total. The van der Waals surface area contributed by atoms with Crippen molar-refractivity contribution in [3.05, 3.63) is 54.1 Å². The molecule has 0 bridgehead atoms. The summed E-state index contributed by atoms with van der Waals surface area (Å²) < 4.78 is 37.4. The molecule has 2 aromatic rings. The molecular formula is C21H22F3N3O3. The van der Waals surface area contributed by atoms with Gasteiger partial charge in [-0.2, -0.15) is 13.2 Å². The molecule has 2 amide bonds. The highest BCUT2D eigenvalue weighted by molar-refractivity contribution is 6.06. The summed E-state index contributed by atoms with van der Waals surface area (Å²) in [5.74, 6) is -1.03. The number of benzene rings is 2. The first kappa shape index (κ1) is 21.8. The summed E-state index contributed by atoms with van der Waals surface area (Å²) in [5.41, 5.74) is 2.89. The van der Waals surface area contributed by atoms with Gasteiger partial charge in [0, 0.05) is 19.2 Å². The molecule has 0 fully saturated rings. The van der Waals surface area contributed by atoms with Gasteiger partial charge in [0.25, 0.3) is 5.91 Å². The Morgan fingerprint density at radius 2 is 1.73 bits per heavy atom.